The van der Waals surface area contributed by atoms with Crippen LogP contribution in [0, 0.1) is 0 Å². The summed E-state index contributed by atoms with van der Waals surface area (Å²) in [5.41, 5.74) is 0.974. The van der Waals surface area contributed by atoms with E-state index in [1.807, 2.05) is 30.3 Å². The molecule has 0 bridgehead atoms. The smallest absolute Gasteiger partial charge is 0.325 e. The van der Waals surface area contributed by atoms with E-state index in [1.165, 1.54) is 11.0 Å². The third kappa shape index (κ3) is 6.07. The van der Waals surface area contributed by atoms with Gasteiger partial charge in [0, 0.05) is 13.6 Å². The van der Waals surface area contributed by atoms with E-state index in [9.17, 15) is 14.4 Å². The number of rotatable bonds is 7. The third-order valence-corrected chi connectivity index (χ3v) is 3.66. The first-order valence-corrected chi connectivity index (χ1v) is 8.22. The van der Waals surface area contributed by atoms with Gasteiger partial charge in [0.15, 0.2) is 17.0 Å². The fourth-order valence-electron chi connectivity index (χ4n) is 1.92. The first-order chi connectivity index (χ1) is 12.0. The zero-order chi connectivity index (χ0) is 18.2. The minimum atomic E-state index is -0.708. The largest absolute Gasteiger partial charge is 0.454 e. The van der Waals surface area contributed by atoms with Crippen LogP contribution in [0.3, 0.4) is 0 Å². The van der Waals surface area contributed by atoms with Gasteiger partial charge in [-0.2, -0.15) is 0 Å². The highest BCUT2D eigenvalue weighted by atomic mass is 79.9. The summed E-state index contributed by atoms with van der Waals surface area (Å²) in [6.45, 7) is -0.321. The van der Waals surface area contributed by atoms with E-state index in [-0.39, 0.29) is 24.8 Å². The van der Waals surface area contributed by atoms with E-state index in [4.69, 9.17) is 9.15 Å². The molecule has 1 heterocycles. The molecule has 8 heteroatoms. The van der Waals surface area contributed by atoms with Gasteiger partial charge >= 0.3 is 5.97 Å². The Hall–Kier alpha value is -2.61. The zero-order valence-electron chi connectivity index (χ0n) is 13.5. The summed E-state index contributed by atoms with van der Waals surface area (Å²) in [5.74, 6) is -1.52. The molecule has 2 aromatic rings. The summed E-state index contributed by atoms with van der Waals surface area (Å²) < 4.78 is 10.3. The number of halogens is 1. The maximum atomic E-state index is 12.0. The van der Waals surface area contributed by atoms with Crippen LogP contribution in [0.15, 0.2) is 51.6 Å². The Kier molecular flexibility index (Phi) is 6.76. The SMILES string of the molecule is CN(Cc1ccccc1)C(=O)COC(=O)CNC(=O)c1ccc(Br)o1. The molecule has 2 rings (SSSR count). The molecule has 1 aromatic heterocycles. The normalized spacial score (nSPS) is 10.2. The summed E-state index contributed by atoms with van der Waals surface area (Å²) in [4.78, 5) is 36.7. The summed E-state index contributed by atoms with van der Waals surface area (Å²) >= 11 is 3.08. The molecule has 7 nitrogen and oxygen atoms in total. The Balaban J connectivity index is 1.70. The number of carbonyl (C=O) groups excluding carboxylic acids is 3. The van der Waals surface area contributed by atoms with Gasteiger partial charge in [-0.15, -0.1) is 0 Å². The van der Waals surface area contributed by atoms with Crippen molar-refractivity contribution in [2.45, 2.75) is 6.54 Å². The molecule has 0 aliphatic heterocycles. The molecule has 0 radical (unpaired) electrons. The molecule has 0 fully saturated rings. The van der Waals surface area contributed by atoms with Crippen molar-refractivity contribution in [3.63, 3.8) is 0 Å². The van der Waals surface area contributed by atoms with Gasteiger partial charge in [-0.3, -0.25) is 14.4 Å². The maximum Gasteiger partial charge on any atom is 0.325 e. The second-order valence-corrected chi connectivity index (χ2v) is 5.96. The quantitative estimate of drug-likeness (QED) is 0.707. The van der Waals surface area contributed by atoms with Crippen molar-refractivity contribution < 1.29 is 23.5 Å². The summed E-state index contributed by atoms with van der Waals surface area (Å²) in [7, 11) is 1.62. The number of hydrogen-bond acceptors (Lipinski definition) is 5. The highest BCUT2D eigenvalue weighted by molar-refractivity contribution is 9.10. The van der Waals surface area contributed by atoms with E-state index in [0.717, 1.165) is 5.56 Å². The molecule has 25 heavy (non-hydrogen) atoms. The molecule has 0 saturated carbocycles. The van der Waals surface area contributed by atoms with Crippen LogP contribution in [-0.4, -0.2) is 42.9 Å². The number of carbonyl (C=O) groups is 3. The highest BCUT2D eigenvalue weighted by Gasteiger charge is 2.15. The maximum absolute atomic E-state index is 12.0. The third-order valence-electron chi connectivity index (χ3n) is 3.24. The van der Waals surface area contributed by atoms with Crippen molar-refractivity contribution in [1.82, 2.24) is 10.2 Å². The van der Waals surface area contributed by atoms with Gasteiger partial charge in [0.2, 0.25) is 0 Å². The van der Waals surface area contributed by atoms with Gasteiger partial charge in [0.25, 0.3) is 11.8 Å². The second kappa shape index (κ2) is 9.03. The Morgan fingerprint density at radius 1 is 1.16 bits per heavy atom. The van der Waals surface area contributed by atoms with Crippen molar-refractivity contribution in [2.75, 3.05) is 20.2 Å². The van der Waals surface area contributed by atoms with Gasteiger partial charge in [-0.25, -0.2) is 0 Å². The Morgan fingerprint density at radius 3 is 2.52 bits per heavy atom. The molecule has 0 aliphatic carbocycles. The van der Waals surface area contributed by atoms with Crippen LogP contribution in [-0.2, 0) is 20.9 Å². The lowest BCUT2D eigenvalue weighted by atomic mass is 10.2. The van der Waals surface area contributed by atoms with Crippen LogP contribution in [0.5, 0.6) is 0 Å². The Morgan fingerprint density at radius 2 is 1.88 bits per heavy atom. The number of esters is 1. The van der Waals surface area contributed by atoms with Gasteiger partial charge in [0.1, 0.15) is 6.54 Å². The number of benzene rings is 1. The molecule has 0 saturated heterocycles. The number of amides is 2. The summed E-state index contributed by atoms with van der Waals surface area (Å²) in [6.07, 6.45) is 0. The van der Waals surface area contributed by atoms with Gasteiger partial charge in [-0.1, -0.05) is 30.3 Å². The number of ether oxygens (including phenoxy) is 1. The molecular formula is C17H17BrN2O5. The topological polar surface area (TPSA) is 88.9 Å². The predicted octanol–water partition coefficient (Wildman–Crippen LogP) is 1.97. The number of nitrogens with one attached hydrogen (secondary N) is 1. The predicted molar refractivity (Wildman–Crippen MR) is 92.6 cm³/mol. The van der Waals surface area contributed by atoms with Crippen molar-refractivity contribution >= 4 is 33.7 Å². The summed E-state index contributed by atoms with van der Waals surface area (Å²) in [6, 6.07) is 12.5. The average molecular weight is 409 g/mol. The van der Waals surface area contributed by atoms with Crippen molar-refractivity contribution in [3.8, 4) is 0 Å². The second-order valence-electron chi connectivity index (χ2n) is 5.18. The van der Waals surface area contributed by atoms with Gasteiger partial charge < -0.3 is 19.4 Å². The lowest BCUT2D eigenvalue weighted by Gasteiger charge is -2.17. The van der Waals surface area contributed by atoms with Crippen LogP contribution < -0.4 is 5.32 Å². The Bertz CT molecular complexity index is 745. The molecule has 0 atom stereocenters. The standard InChI is InChI=1S/C17H17BrN2O5/c1-20(10-12-5-3-2-4-6-12)15(21)11-24-16(22)9-19-17(23)13-7-8-14(18)25-13/h2-8H,9-11H2,1H3,(H,19,23). The Labute approximate surface area is 153 Å². The lowest BCUT2D eigenvalue weighted by Crippen LogP contribution is -2.34. The highest BCUT2D eigenvalue weighted by Crippen LogP contribution is 2.13. The van der Waals surface area contributed by atoms with Crippen LogP contribution in [0.1, 0.15) is 16.1 Å². The molecule has 1 aromatic carbocycles. The van der Waals surface area contributed by atoms with Crippen LogP contribution in [0.2, 0.25) is 0 Å². The van der Waals surface area contributed by atoms with Gasteiger partial charge in [-0.05, 0) is 33.6 Å². The van der Waals surface area contributed by atoms with E-state index in [1.54, 1.807) is 13.1 Å². The first kappa shape index (κ1) is 18.7. The molecule has 0 unspecified atom stereocenters. The average Bonchev–Trinajstić information content (AvgIpc) is 3.04. The minimum Gasteiger partial charge on any atom is -0.454 e. The van der Waals surface area contributed by atoms with Crippen LogP contribution in [0.4, 0.5) is 0 Å². The number of nitrogens with zero attached hydrogens (tertiary/aromatic N) is 1. The number of furan rings is 1. The minimum absolute atomic E-state index is 0.0679. The van der Waals surface area contributed by atoms with E-state index in [2.05, 4.69) is 21.2 Å². The van der Waals surface area contributed by atoms with Crippen LogP contribution >= 0.6 is 15.9 Å². The zero-order valence-corrected chi connectivity index (χ0v) is 15.1. The lowest BCUT2D eigenvalue weighted by molar-refractivity contribution is -0.150. The van der Waals surface area contributed by atoms with E-state index < -0.39 is 11.9 Å². The number of hydrogen-bond donors (Lipinski definition) is 1. The van der Waals surface area contributed by atoms with E-state index in [0.29, 0.717) is 11.2 Å². The summed E-state index contributed by atoms with van der Waals surface area (Å²) in [5, 5.41) is 2.35. The molecule has 132 valence electrons. The van der Waals surface area contributed by atoms with Crippen molar-refractivity contribution in [3.05, 3.63) is 58.5 Å². The molecular weight excluding hydrogens is 392 g/mol. The molecule has 2 amide bonds. The number of likely N-dealkylation sites (N-methyl/N-ethyl adjacent to an activating group) is 1. The van der Waals surface area contributed by atoms with Crippen molar-refractivity contribution in [2.24, 2.45) is 0 Å². The van der Waals surface area contributed by atoms with Crippen LogP contribution in [0.25, 0.3) is 0 Å². The first-order valence-electron chi connectivity index (χ1n) is 7.43. The molecule has 1 N–H and O–H groups in total. The molecule has 0 spiro atoms. The fourth-order valence-corrected chi connectivity index (χ4v) is 2.23. The fraction of sp³-hybridized carbons (Fsp3) is 0.235. The van der Waals surface area contributed by atoms with Crippen molar-refractivity contribution in [1.29, 1.82) is 0 Å². The monoisotopic (exact) mass is 408 g/mol. The molecule has 0 aliphatic rings. The van der Waals surface area contributed by atoms with E-state index >= 15 is 0 Å². The van der Waals surface area contributed by atoms with Gasteiger partial charge in [0.05, 0.1) is 0 Å².